The molecule has 2 saturated heterocycles. The predicted octanol–water partition coefficient (Wildman–Crippen LogP) is 0.216. The number of piperazine rings is 1. The number of hydrogen-bond donors (Lipinski definition) is 0. The van der Waals surface area contributed by atoms with Gasteiger partial charge in [-0.1, -0.05) is 0 Å². The smallest absolute Gasteiger partial charge is 0.307 e. The molecule has 0 unspecified atom stereocenters. The highest BCUT2D eigenvalue weighted by atomic mass is 32.1. The lowest BCUT2D eigenvalue weighted by molar-refractivity contribution is -0.137. The molecule has 102 valence electrons. The van der Waals surface area contributed by atoms with Gasteiger partial charge in [-0.3, -0.25) is 14.5 Å². The molecule has 2 aliphatic rings. The monoisotopic (exact) mass is 281 g/mol. The van der Waals surface area contributed by atoms with Crippen molar-refractivity contribution in [1.82, 2.24) is 14.8 Å². The van der Waals surface area contributed by atoms with E-state index >= 15 is 0 Å². The van der Waals surface area contributed by atoms with Gasteiger partial charge < -0.3 is 9.64 Å². The topological polar surface area (TPSA) is 62.7 Å². The van der Waals surface area contributed by atoms with E-state index in [1.165, 1.54) is 11.3 Å². The molecule has 0 saturated carbocycles. The third-order valence-electron chi connectivity index (χ3n) is 3.61. The lowest BCUT2D eigenvalue weighted by Gasteiger charge is -2.36. The number of carbonyl (C=O) groups excluding carboxylic acids is 2. The maximum absolute atomic E-state index is 12.1. The first-order valence-corrected chi connectivity index (χ1v) is 7.25. The van der Waals surface area contributed by atoms with Crippen LogP contribution in [0.1, 0.15) is 16.9 Å². The average molecular weight is 281 g/mol. The minimum atomic E-state index is -0.119. The number of thiazole rings is 1. The second-order valence-corrected chi connectivity index (χ2v) is 5.46. The van der Waals surface area contributed by atoms with E-state index in [0.717, 1.165) is 13.1 Å². The molecule has 1 aromatic rings. The summed E-state index contributed by atoms with van der Waals surface area (Å²) in [7, 11) is 0. The Balaban J connectivity index is 1.55. The van der Waals surface area contributed by atoms with Crippen molar-refractivity contribution in [3.63, 3.8) is 0 Å². The predicted molar refractivity (Wildman–Crippen MR) is 69.0 cm³/mol. The molecule has 0 spiro atoms. The zero-order valence-corrected chi connectivity index (χ0v) is 11.3. The summed E-state index contributed by atoms with van der Waals surface area (Å²) in [6.45, 7) is 3.43. The normalized spacial score (nSPS) is 24.5. The zero-order chi connectivity index (χ0) is 13.2. The van der Waals surface area contributed by atoms with Crippen molar-refractivity contribution in [3.05, 3.63) is 16.6 Å². The van der Waals surface area contributed by atoms with Gasteiger partial charge in [0.2, 0.25) is 0 Å². The Kier molecular flexibility index (Phi) is 3.48. The SMILES string of the molecule is O=C1C[C@@H](N2CCN(C(=O)c3cscn3)CC2)CO1. The van der Waals surface area contributed by atoms with Crippen LogP contribution in [0.4, 0.5) is 0 Å². The van der Waals surface area contributed by atoms with Gasteiger partial charge in [0, 0.05) is 31.6 Å². The van der Waals surface area contributed by atoms with Gasteiger partial charge in [-0.05, 0) is 0 Å². The van der Waals surface area contributed by atoms with E-state index in [1.807, 2.05) is 4.90 Å². The number of rotatable bonds is 2. The van der Waals surface area contributed by atoms with E-state index in [-0.39, 0.29) is 17.9 Å². The van der Waals surface area contributed by atoms with Crippen LogP contribution in [0.25, 0.3) is 0 Å². The molecule has 1 aromatic heterocycles. The number of ether oxygens (including phenoxy) is 1. The number of amides is 1. The van der Waals surface area contributed by atoms with Crippen LogP contribution >= 0.6 is 11.3 Å². The number of carbonyl (C=O) groups is 2. The summed E-state index contributed by atoms with van der Waals surface area (Å²) in [5.74, 6) is -0.120. The summed E-state index contributed by atoms with van der Waals surface area (Å²) >= 11 is 1.43. The fourth-order valence-corrected chi connectivity index (χ4v) is 3.03. The first kappa shape index (κ1) is 12.6. The lowest BCUT2D eigenvalue weighted by atomic mass is 10.2. The van der Waals surface area contributed by atoms with Gasteiger partial charge in [0.25, 0.3) is 5.91 Å². The summed E-state index contributed by atoms with van der Waals surface area (Å²) in [6.07, 6.45) is 0.472. The van der Waals surface area contributed by atoms with Crippen LogP contribution in [0.15, 0.2) is 10.9 Å². The summed E-state index contributed by atoms with van der Waals surface area (Å²) in [5, 5.41) is 1.78. The summed E-state index contributed by atoms with van der Waals surface area (Å²) in [6, 6.07) is 0.184. The third-order valence-corrected chi connectivity index (χ3v) is 4.19. The standard InChI is InChI=1S/C12H15N3O3S/c16-11-5-9(6-18-11)14-1-3-15(4-2-14)12(17)10-7-19-8-13-10/h7-9H,1-6H2/t9-/m1/s1. The summed E-state index contributed by atoms with van der Waals surface area (Å²) in [5.41, 5.74) is 2.20. The van der Waals surface area contributed by atoms with Crippen LogP contribution in [0.5, 0.6) is 0 Å². The highest BCUT2D eigenvalue weighted by Crippen LogP contribution is 2.17. The molecule has 0 radical (unpaired) electrons. The van der Waals surface area contributed by atoms with E-state index in [1.54, 1.807) is 10.9 Å². The van der Waals surface area contributed by atoms with Crippen molar-refractivity contribution >= 4 is 23.2 Å². The van der Waals surface area contributed by atoms with Crippen molar-refractivity contribution in [2.75, 3.05) is 32.8 Å². The van der Waals surface area contributed by atoms with Crippen molar-refractivity contribution in [2.45, 2.75) is 12.5 Å². The van der Waals surface area contributed by atoms with Crippen LogP contribution < -0.4 is 0 Å². The Morgan fingerprint density at radius 2 is 2.16 bits per heavy atom. The number of nitrogens with zero attached hydrogens (tertiary/aromatic N) is 3. The molecule has 3 heterocycles. The maximum Gasteiger partial charge on any atom is 0.307 e. The van der Waals surface area contributed by atoms with Crippen molar-refractivity contribution < 1.29 is 14.3 Å². The third kappa shape index (κ3) is 2.62. The molecule has 3 rings (SSSR count). The molecule has 0 aliphatic carbocycles. The molecule has 0 aromatic carbocycles. The fourth-order valence-electron chi connectivity index (χ4n) is 2.50. The van der Waals surface area contributed by atoms with Crippen molar-refractivity contribution in [2.24, 2.45) is 0 Å². The highest BCUT2D eigenvalue weighted by molar-refractivity contribution is 7.07. The van der Waals surface area contributed by atoms with Gasteiger partial charge in [-0.25, -0.2) is 4.98 Å². The molecule has 0 N–H and O–H groups in total. The summed E-state index contributed by atoms with van der Waals surface area (Å²) < 4.78 is 4.98. The van der Waals surface area contributed by atoms with E-state index in [0.29, 0.717) is 31.8 Å². The number of aromatic nitrogens is 1. The molecule has 19 heavy (non-hydrogen) atoms. The Hall–Kier alpha value is -1.47. The van der Waals surface area contributed by atoms with Gasteiger partial charge >= 0.3 is 5.97 Å². The molecular weight excluding hydrogens is 266 g/mol. The van der Waals surface area contributed by atoms with Crippen LogP contribution in [0.2, 0.25) is 0 Å². The Morgan fingerprint density at radius 1 is 1.37 bits per heavy atom. The second kappa shape index (κ2) is 5.26. The molecule has 6 nitrogen and oxygen atoms in total. The van der Waals surface area contributed by atoms with E-state index in [2.05, 4.69) is 9.88 Å². The first-order valence-electron chi connectivity index (χ1n) is 6.31. The van der Waals surface area contributed by atoms with E-state index in [9.17, 15) is 9.59 Å². The fraction of sp³-hybridized carbons (Fsp3) is 0.583. The first-order chi connectivity index (χ1) is 9.24. The average Bonchev–Trinajstić information content (AvgIpc) is 3.09. The zero-order valence-electron chi connectivity index (χ0n) is 10.4. The van der Waals surface area contributed by atoms with Crippen molar-refractivity contribution in [3.8, 4) is 0 Å². The molecule has 1 atom stereocenters. The maximum atomic E-state index is 12.1. The van der Waals surface area contributed by atoms with Gasteiger partial charge in [-0.2, -0.15) is 0 Å². The highest BCUT2D eigenvalue weighted by Gasteiger charge is 2.32. The van der Waals surface area contributed by atoms with Gasteiger partial charge in [0.05, 0.1) is 18.0 Å². The lowest BCUT2D eigenvalue weighted by Crippen LogP contribution is -2.52. The molecule has 1 amide bonds. The Bertz CT molecular complexity index is 469. The Morgan fingerprint density at radius 3 is 2.74 bits per heavy atom. The van der Waals surface area contributed by atoms with E-state index < -0.39 is 0 Å². The molecule has 2 aliphatic heterocycles. The molecule has 0 bridgehead atoms. The van der Waals surface area contributed by atoms with Crippen LogP contribution in [0.3, 0.4) is 0 Å². The molecular formula is C12H15N3O3S. The molecule has 7 heteroatoms. The van der Waals surface area contributed by atoms with Crippen LogP contribution in [-0.4, -0.2) is 65.5 Å². The minimum absolute atomic E-state index is 0.000326. The number of hydrogen-bond acceptors (Lipinski definition) is 6. The van der Waals surface area contributed by atoms with Crippen LogP contribution in [0, 0.1) is 0 Å². The van der Waals surface area contributed by atoms with Gasteiger partial charge in [0.15, 0.2) is 0 Å². The van der Waals surface area contributed by atoms with Gasteiger partial charge in [0.1, 0.15) is 12.3 Å². The summed E-state index contributed by atoms with van der Waals surface area (Å²) in [4.78, 5) is 31.3. The Labute approximate surface area is 115 Å². The van der Waals surface area contributed by atoms with E-state index in [4.69, 9.17) is 4.74 Å². The quantitative estimate of drug-likeness (QED) is 0.726. The van der Waals surface area contributed by atoms with Crippen molar-refractivity contribution in [1.29, 1.82) is 0 Å². The number of esters is 1. The number of cyclic esters (lactones) is 1. The largest absolute Gasteiger partial charge is 0.464 e. The molecule has 2 fully saturated rings. The van der Waals surface area contributed by atoms with Crippen LogP contribution in [-0.2, 0) is 9.53 Å². The minimum Gasteiger partial charge on any atom is -0.464 e. The second-order valence-electron chi connectivity index (χ2n) is 4.74. The van der Waals surface area contributed by atoms with Gasteiger partial charge in [-0.15, -0.1) is 11.3 Å².